The molecule has 4 aromatic heterocycles. The van der Waals surface area contributed by atoms with E-state index in [4.69, 9.17) is 0 Å². The fourth-order valence-electron chi connectivity index (χ4n) is 6.73. The van der Waals surface area contributed by atoms with Crippen LogP contribution in [0.4, 0.5) is 0 Å². The number of benzene rings is 4. The number of thiophene rings is 2. The van der Waals surface area contributed by atoms with E-state index in [9.17, 15) is 19.2 Å². The summed E-state index contributed by atoms with van der Waals surface area (Å²) in [6.07, 6.45) is 0. The zero-order chi connectivity index (χ0) is 31.0. The fraction of sp³-hybridized carbons (Fsp3) is 0.222. The fourth-order valence-corrected chi connectivity index (χ4v) is 8.18. The van der Waals surface area contributed by atoms with E-state index in [1.165, 1.54) is 31.8 Å². The van der Waals surface area contributed by atoms with Gasteiger partial charge in [0, 0.05) is 0 Å². The lowest BCUT2D eigenvalue weighted by molar-refractivity contribution is 0.591. The van der Waals surface area contributed by atoms with E-state index >= 15 is 0 Å². The van der Waals surface area contributed by atoms with Crippen molar-refractivity contribution in [1.29, 1.82) is 0 Å². The third-order valence-electron chi connectivity index (χ3n) is 8.96. The summed E-state index contributed by atoms with van der Waals surface area (Å²) in [6.45, 7) is 12.5. The number of aromatic nitrogens is 2. The van der Waals surface area contributed by atoms with Gasteiger partial charge in [0.2, 0.25) is 0 Å². The van der Waals surface area contributed by atoms with Gasteiger partial charge in [-0.2, -0.15) is 0 Å². The Kier molecular flexibility index (Phi) is 5.32. The van der Waals surface area contributed by atoms with Crippen molar-refractivity contribution in [2.24, 2.45) is 0 Å². The quantitative estimate of drug-likeness (QED) is 0.188. The van der Waals surface area contributed by atoms with Crippen LogP contribution in [-0.2, 0) is 10.8 Å². The Morgan fingerprint density at radius 2 is 0.773 bits per heavy atom. The molecule has 0 radical (unpaired) electrons. The van der Waals surface area contributed by atoms with E-state index in [0.717, 1.165) is 21.9 Å². The van der Waals surface area contributed by atoms with Crippen LogP contribution in [0.25, 0.3) is 63.9 Å². The van der Waals surface area contributed by atoms with Gasteiger partial charge in [-0.3, -0.25) is 19.2 Å². The summed E-state index contributed by atoms with van der Waals surface area (Å²) in [6, 6.07) is 15.2. The van der Waals surface area contributed by atoms with E-state index in [0.29, 0.717) is 53.1 Å². The molecule has 8 aromatic rings. The smallest absolute Gasteiger partial charge is 0.267 e. The molecule has 218 valence electrons. The van der Waals surface area contributed by atoms with Gasteiger partial charge in [0.05, 0.1) is 21.5 Å². The van der Waals surface area contributed by atoms with Crippen LogP contribution in [-0.4, -0.2) is 9.13 Å². The number of hydrogen-bond acceptors (Lipinski definition) is 6. The summed E-state index contributed by atoms with van der Waals surface area (Å²) in [4.78, 5) is 57.4. The number of fused-ring (bicyclic) bond motifs is 6. The van der Waals surface area contributed by atoms with Gasteiger partial charge in [-0.1, -0.05) is 41.5 Å². The van der Waals surface area contributed by atoms with Crippen LogP contribution in [0.3, 0.4) is 0 Å². The Bertz CT molecular complexity index is 2370. The number of nitrogens with zero attached hydrogens (tertiary/aromatic N) is 2. The molecular weight excluding hydrogens is 589 g/mol. The van der Waals surface area contributed by atoms with Crippen LogP contribution in [0.5, 0.6) is 0 Å². The maximum absolute atomic E-state index is 14.3. The maximum Gasteiger partial charge on any atom is 0.267 e. The standard InChI is InChI=1S/C36H28N2O4S2/c1-35(2,3)17-13-19-25-20(14-17)28-30(34(42)38(32(28)40)24-10-8-12-44-24)22-16-18(36(4,5)6)15-21(26(22)25)29-27(19)31(39)37(33(29)41)23-9-7-11-43-23/h7-16H,1-6H3. The minimum absolute atomic E-state index is 0.345. The predicted molar refractivity (Wildman–Crippen MR) is 184 cm³/mol. The molecule has 4 aromatic carbocycles. The molecule has 0 fully saturated rings. The Morgan fingerprint density at radius 1 is 0.477 bits per heavy atom. The van der Waals surface area contributed by atoms with Gasteiger partial charge in [-0.15, -0.1) is 22.7 Å². The summed E-state index contributed by atoms with van der Waals surface area (Å²) < 4.78 is 2.55. The minimum atomic E-state index is -0.372. The highest BCUT2D eigenvalue weighted by Crippen LogP contribution is 2.46. The van der Waals surface area contributed by atoms with Crippen molar-refractivity contribution in [3.05, 3.63) is 112 Å². The first-order valence-electron chi connectivity index (χ1n) is 14.5. The maximum atomic E-state index is 14.3. The molecule has 0 saturated heterocycles. The van der Waals surface area contributed by atoms with Gasteiger partial charge in [-0.05, 0) is 114 Å². The van der Waals surface area contributed by atoms with Crippen molar-refractivity contribution in [2.45, 2.75) is 52.4 Å². The van der Waals surface area contributed by atoms with Gasteiger partial charge < -0.3 is 0 Å². The lowest BCUT2D eigenvalue weighted by atomic mass is 9.79. The molecule has 0 spiro atoms. The Morgan fingerprint density at radius 3 is 1.00 bits per heavy atom. The Balaban J connectivity index is 1.78. The van der Waals surface area contributed by atoms with E-state index in [1.807, 2.05) is 47.2 Å². The minimum Gasteiger partial charge on any atom is -0.268 e. The van der Waals surface area contributed by atoms with Gasteiger partial charge in [0.25, 0.3) is 22.2 Å². The SMILES string of the molecule is CC(C)(C)c1cc2c3c(=O)n(-c4cccs4)c(=O)c3c3cc(C(C)(C)C)cc4c5c(=O)n(-c6cccs6)c(=O)c5c(c1)c2c34. The molecule has 0 unspecified atom stereocenters. The largest absolute Gasteiger partial charge is 0.268 e. The summed E-state index contributed by atoms with van der Waals surface area (Å²) in [5.74, 6) is 0. The molecular formula is C36H28N2O4S2. The van der Waals surface area contributed by atoms with Crippen molar-refractivity contribution in [1.82, 2.24) is 9.13 Å². The third kappa shape index (κ3) is 3.41. The number of hydrogen-bond donors (Lipinski definition) is 0. The molecule has 8 heteroatoms. The van der Waals surface area contributed by atoms with Crippen LogP contribution < -0.4 is 22.2 Å². The van der Waals surface area contributed by atoms with Crippen LogP contribution in [0.1, 0.15) is 52.7 Å². The molecule has 0 aliphatic carbocycles. The van der Waals surface area contributed by atoms with Gasteiger partial charge in [0.15, 0.2) is 0 Å². The molecule has 0 atom stereocenters. The monoisotopic (exact) mass is 616 g/mol. The zero-order valence-electron chi connectivity index (χ0n) is 25.1. The first-order valence-corrected chi connectivity index (χ1v) is 16.3. The molecule has 6 nitrogen and oxygen atoms in total. The zero-order valence-corrected chi connectivity index (χ0v) is 26.8. The highest BCUT2D eigenvalue weighted by Gasteiger charge is 2.30. The topological polar surface area (TPSA) is 78.1 Å². The molecule has 44 heavy (non-hydrogen) atoms. The van der Waals surface area contributed by atoms with Crippen LogP contribution >= 0.6 is 22.7 Å². The molecule has 0 bridgehead atoms. The van der Waals surface area contributed by atoms with Crippen molar-refractivity contribution < 1.29 is 0 Å². The van der Waals surface area contributed by atoms with Gasteiger partial charge in [0.1, 0.15) is 10.0 Å². The van der Waals surface area contributed by atoms with E-state index < -0.39 is 0 Å². The Labute approximate surface area is 259 Å². The second kappa shape index (κ2) is 8.61. The van der Waals surface area contributed by atoms with Crippen molar-refractivity contribution >= 4 is 76.5 Å². The molecule has 0 aliphatic heterocycles. The lowest BCUT2D eigenvalue weighted by Gasteiger charge is -2.24. The van der Waals surface area contributed by atoms with Crippen molar-refractivity contribution in [2.75, 3.05) is 0 Å². The van der Waals surface area contributed by atoms with E-state index in [2.05, 4.69) is 41.5 Å². The van der Waals surface area contributed by atoms with Crippen molar-refractivity contribution in [3.8, 4) is 10.0 Å². The van der Waals surface area contributed by atoms with Crippen molar-refractivity contribution in [3.63, 3.8) is 0 Å². The van der Waals surface area contributed by atoms with Gasteiger partial charge >= 0.3 is 0 Å². The van der Waals surface area contributed by atoms with Crippen LogP contribution in [0, 0.1) is 0 Å². The molecule has 0 N–H and O–H groups in total. The first kappa shape index (κ1) is 27.2. The van der Waals surface area contributed by atoms with E-state index in [-0.39, 0.29) is 33.1 Å². The molecule has 0 amide bonds. The molecule has 4 heterocycles. The van der Waals surface area contributed by atoms with Gasteiger partial charge in [-0.25, -0.2) is 9.13 Å². The second-order valence-corrected chi connectivity index (χ2v) is 15.5. The average molecular weight is 617 g/mol. The van der Waals surface area contributed by atoms with Crippen LogP contribution in [0.2, 0.25) is 0 Å². The summed E-state index contributed by atoms with van der Waals surface area (Å²) in [7, 11) is 0. The number of rotatable bonds is 2. The lowest BCUT2D eigenvalue weighted by Crippen LogP contribution is -2.22. The molecule has 0 saturated carbocycles. The van der Waals surface area contributed by atoms with E-state index in [1.54, 1.807) is 12.1 Å². The molecule has 8 rings (SSSR count). The second-order valence-electron chi connectivity index (χ2n) is 13.7. The predicted octanol–water partition coefficient (Wildman–Crippen LogP) is 7.51. The highest BCUT2D eigenvalue weighted by atomic mass is 32.1. The highest BCUT2D eigenvalue weighted by molar-refractivity contribution is 7.12. The first-order chi connectivity index (χ1) is 20.8. The summed E-state index contributed by atoms with van der Waals surface area (Å²) in [5.41, 5.74) is -0.360. The third-order valence-corrected chi connectivity index (χ3v) is 10.7. The summed E-state index contributed by atoms with van der Waals surface area (Å²) >= 11 is 2.68. The normalized spacial score (nSPS) is 13.1. The van der Waals surface area contributed by atoms with Crippen LogP contribution in [0.15, 0.2) is 78.5 Å². The molecule has 0 aliphatic rings. The Hall–Kier alpha value is -4.40. The summed E-state index contributed by atoms with van der Waals surface area (Å²) in [5, 5.41) is 10.3. The average Bonchev–Trinajstić information content (AvgIpc) is 3.75.